The maximum absolute atomic E-state index is 6.19. The molecule has 5 heteroatoms. The molecule has 2 aliphatic heterocycles. The van der Waals surface area contributed by atoms with Crippen LogP contribution in [-0.4, -0.2) is 31.4 Å². The van der Waals surface area contributed by atoms with E-state index in [-0.39, 0.29) is 30.7 Å². The summed E-state index contributed by atoms with van der Waals surface area (Å²) in [6.45, 7) is 10.7. The van der Waals surface area contributed by atoms with E-state index in [1.165, 1.54) is 11.0 Å². The summed E-state index contributed by atoms with van der Waals surface area (Å²) >= 11 is 0. The molecule has 0 aromatic heterocycles. The first kappa shape index (κ1) is 16.8. The van der Waals surface area contributed by atoms with Gasteiger partial charge in [0, 0.05) is 0 Å². The van der Waals surface area contributed by atoms with Crippen LogP contribution in [0.25, 0.3) is 0 Å². The van der Waals surface area contributed by atoms with Crippen LogP contribution < -0.4 is 10.8 Å². The fourth-order valence-electron chi connectivity index (χ4n) is 2.72. The lowest BCUT2D eigenvalue weighted by Crippen LogP contribution is -2.45. The van der Waals surface area contributed by atoms with Crippen molar-refractivity contribution in [2.75, 3.05) is 13.1 Å². The van der Waals surface area contributed by atoms with Gasteiger partial charge in [0.05, 0.1) is 11.2 Å². The van der Waals surface area contributed by atoms with Crippen molar-refractivity contribution in [2.24, 2.45) is 5.92 Å². The van der Waals surface area contributed by atoms with Crippen LogP contribution in [0.5, 0.6) is 0 Å². The Bertz CT molecular complexity index is 487. The Balaban J connectivity index is 0.00000161. The third-order valence-corrected chi connectivity index (χ3v) is 4.94. The van der Waals surface area contributed by atoms with Crippen LogP contribution in [-0.2, 0) is 15.7 Å². The molecule has 2 aliphatic rings. The number of nitrogens with one attached hydrogen (secondary N) is 1. The van der Waals surface area contributed by atoms with E-state index in [4.69, 9.17) is 9.31 Å². The molecule has 0 unspecified atom stereocenters. The molecule has 0 amide bonds. The molecule has 21 heavy (non-hydrogen) atoms. The molecule has 116 valence electrons. The zero-order valence-electron chi connectivity index (χ0n) is 13.3. The molecule has 0 atom stereocenters. The first-order valence-electron chi connectivity index (χ1n) is 7.53. The van der Waals surface area contributed by atoms with Crippen molar-refractivity contribution in [3.8, 4) is 0 Å². The van der Waals surface area contributed by atoms with Crippen LogP contribution in [0, 0.1) is 5.92 Å². The minimum Gasteiger partial charge on any atom is -0.399 e. The fourth-order valence-corrected chi connectivity index (χ4v) is 2.72. The van der Waals surface area contributed by atoms with E-state index in [0.29, 0.717) is 0 Å². The molecule has 1 aromatic rings. The quantitative estimate of drug-likeness (QED) is 0.868. The first-order valence-corrected chi connectivity index (χ1v) is 7.53. The Hall–Kier alpha value is -0.545. The standard InChI is InChI=1S/C16H24BNO2.ClH/c1-15(2)16(3,4)20-17(19-15)14-8-6-5-7-13(14)9-12-10-18-11-12;/h5-8,12,18H,9-11H2,1-4H3;1H. The Labute approximate surface area is 134 Å². The number of halogens is 1. The fraction of sp³-hybridized carbons (Fsp3) is 0.625. The number of benzene rings is 1. The molecule has 0 spiro atoms. The summed E-state index contributed by atoms with van der Waals surface area (Å²) < 4.78 is 12.4. The van der Waals surface area contributed by atoms with Gasteiger partial charge >= 0.3 is 7.12 Å². The minimum atomic E-state index is -0.275. The predicted octanol–water partition coefficient (Wildman–Crippen LogP) is 2.17. The van der Waals surface area contributed by atoms with Crippen molar-refractivity contribution >= 4 is 25.0 Å². The van der Waals surface area contributed by atoms with Crippen molar-refractivity contribution in [1.82, 2.24) is 5.32 Å². The van der Waals surface area contributed by atoms with Gasteiger partial charge in [-0.3, -0.25) is 0 Å². The molecular weight excluding hydrogens is 284 g/mol. The third kappa shape index (κ3) is 3.14. The van der Waals surface area contributed by atoms with Crippen molar-refractivity contribution in [3.63, 3.8) is 0 Å². The van der Waals surface area contributed by atoms with Crippen LogP contribution in [0.15, 0.2) is 24.3 Å². The van der Waals surface area contributed by atoms with Gasteiger partial charge in [-0.05, 0) is 64.1 Å². The minimum absolute atomic E-state index is 0. The lowest BCUT2D eigenvalue weighted by atomic mass is 9.74. The topological polar surface area (TPSA) is 30.5 Å². The van der Waals surface area contributed by atoms with Gasteiger partial charge in [0.25, 0.3) is 0 Å². The third-order valence-electron chi connectivity index (χ3n) is 4.94. The second-order valence-electron chi connectivity index (χ2n) is 7.02. The van der Waals surface area contributed by atoms with Crippen molar-refractivity contribution in [1.29, 1.82) is 0 Å². The molecular formula is C16H25BClNO2. The molecule has 1 aromatic carbocycles. The van der Waals surface area contributed by atoms with Crippen LogP contribution in [0.1, 0.15) is 33.3 Å². The summed E-state index contributed by atoms with van der Waals surface area (Å²) in [7, 11) is -0.246. The van der Waals surface area contributed by atoms with Crippen LogP contribution in [0.4, 0.5) is 0 Å². The van der Waals surface area contributed by atoms with E-state index < -0.39 is 0 Å². The Kier molecular flexibility index (Phi) is 4.74. The number of hydrogen-bond donors (Lipinski definition) is 1. The normalized spacial score (nSPS) is 23.5. The average Bonchev–Trinajstić information content (AvgIpc) is 2.54. The van der Waals surface area contributed by atoms with Crippen molar-refractivity contribution in [2.45, 2.75) is 45.3 Å². The Morgan fingerprint density at radius 1 is 1.10 bits per heavy atom. The number of hydrogen-bond acceptors (Lipinski definition) is 3. The highest BCUT2D eigenvalue weighted by Gasteiger charge is 2.52. The summed E-state index contributed by atoms with van der Waals surface area (Å²) in [6.07, 6.45) is 1.10. The van der Waals surface area contributed by atoms with E-state index in [0.717, 1.165) is 25.4 Å². The molecule has 0 bridgehead atoms. The zero-order chi connectivity index (χ0) is 14.4. The smallest absolute Gasteiger partial charge is 0.399 e. The molecule has 2 saturated heterocycles. The lowest BCUT2D eigenvalue weighted by Gasteiger charge is -2.32. The Morgan fingerprint density at radius 2 is 1.67 bits per heavy atom. The van der Waals surface area contributed by atoms with Gasteiger partial charge in [0.1, 0.15) is 0 Å². The van der Waals surface area contributed by atoms with Gasteiger partial charge < -0.3 is 14.6 Å². The summed E-state index contributed by atoms with van der Waals surface area (Å²) in [5.74, 6) is 0.749. The van der Waals surface area contributed by atoms with Crippen LogP contribution in [0.3, 0.4) is 0 Å². The van der Waals surface area contributed by atoms with Crippen LogP contribution in [0.2, 0.25) is 0 Å². The predicted molar refractivity (Wildman–Crippen MR) is 89.5 cm³/mol. The van der Waals surface area contributed by atoms with Crippen LogP contribution >= 0.6 is 12.4 Å². The molecule has 1 N–H and O–H groups in total. The largest absolute Gasteiger partial charge is 0.495 e. The molecule has 2 fully saturated rings. The monoisotopic (exact) mass is 309 g/mol. The van der Waals surface area contributed by atoms with E-state index >= 15 is 0 Å². The van der Waals surface area contributed by atoms with Gasteiger partial charge in [-0.15, -0.1) is 12.4 Å². The van der Waals surface area contributed by atoms with E-state index in [2.05, 4.69) is 57.3 Å². The molecule has 0 saturated carbocycles. The summed E-state index contributed by atoms with van der Waals surface area (Å²) in [6, 6.07) is 8.53. The lowest BCUT2D eigenvalue weighted by molar-refractivity contribution is 0.00578. The van der Waals surface area contributed by atoms with Crippen molar-refractivity contribution < 1.29 is 9.31 Å². The summed E-state index contributed by atoms with van der Waals surface area (Å²) in [5, 5.41) is 3.33. The second kappa shape index (κ2) is 5.92. The van der Waals surface area contributed by atoms with E-state index in [1.54, 1.807) is 0 Å². The number of rotatable bonds is 3. The van der Waals surface area contributed by atoms with E-state index in [1.807, 2.05) is 0 Å². The molecule has 3 rings (SSSR count). The molecule has 2 heterocycles. The Morgan fingerprint density at radius 3 is 2.19 bits per heavy atom. The maximum Gasteiger partial charge on any atom is 0.495 e. The van der Waals surface area contributed by atoms with Gasteiger partial charge in [0.2, 0.25) is 0 Å². The van der Waals surface area contributed by atoms with Crippen molar-refractivity contribution in [3.05, 3.63) is 29.8 Å². The molecule has 0 radical (unpaired) electrons. The van der Waals surface area contributed by atoms with Gasteiger partial charge in [-0.25, -0.2) is 0 Å². The zero-order valence-corrected chi connectivity index (χ0v) is 14.1. The maximum atomic E-state index is 6.19. The summed E-state index contributed by atoms with van der Waals surface area (Å²) in [4.78, 5) is 0. The highest BCUT2D eigenvalue weighted by Crippen LogP contribution is 2.36. The van der Waals surface area contributed by atoms with Gasteiger partial charge in [0.15, 0.2) is 0 Å². The van der Waals surface area contributed by atoms with Gasteiger partial charge in [-0.2, -0.15) is 0 Å². The molecule has 3 nitrogen and oxygen atoms in total. The summed E-state index contributed by atoms with van der Waals surface area (Å²) in [5.41, 5.74) is 2.00. The average molecular weight is 310 g/mol. The molecule has 0 aliphatic carbocycles. The second-order valence-corrected chi connectivity index (χ2v) is 7.02. The van der Waals surface area contributed by atoms with E-state index in [9.17, 15) is 0 Å². The highest BCUT2D eigenvalue weighted by molar-refractivity contribution is 6.62. The first-order chi connectivity index (χ1) is 9.39. The SMILES string of the molecule is CC1(C)OB(c2ccccc2CC2CNC2)OC1(C)C.Cl. The highest BCUT2D eigenvalue weighted by atomic mass is 35.5. The van der Waals surface area contributed by atoms with Gasteiger partial charge in [-0.1, -0.05) is 24.3 Å².